The van der Waals surface area contributed by atoms with Gasteiger partial charge in [0.05, 0.1) is 11.1 Å². The molecule has 144 valence electrons. The summed E-state index contributed by atoms with van der Waals surface area (Å²) in [6, 6.07) is 5.37. The van der Waals surface area contributed by atoms with Gasteiger partial charge >= 0.3 is 6.18 Å². The molecule has 2 rings (SSSR count). The molecule has 1 heterocycles. The second-order valence-corrected chi connectivity index (χ2v) is 6.49. The van der Waals surface area contributed by atoms with Crippen molar-refractivity contribution in [1.29, 1.82) is 0 Å². The number of nitrogens with zero attached hydrogens (tertiary/aromatic N) is 2. The highest BCUT2D eigenvalue weighted by molar-refractivity contribution is 5.86. The van der Waals surface area contributed by atoms with Crippen LogP contribution < -0.4 is 5.73 Å². The topological polar surface area (TPSA) is 49.6 Å². The lowest BCUT2D eigenvalue weighted by Crippen LogP contribution is -2.56. The first-order chi connectivity index (χ1) is 10.6. The molecule has 4 nitrogen and oxygen atoms in total. The lowest BCUT2D eigenvalue weighted by molar-refractivity contribution is -0.138. The largest absolute Gasteiger partial charge is 0.416 e. The van der Waals surface area contributed by atoms with Crippen LogP contribution >= 0.6 is 24.8 Å². The number of nitrogens with two attached hydrogens (primary N) is 1. The molecule has 1 aliphatic heterocycles. The van der Waals surface area contributed by atoms with Gasteiger partial charge in [-0.25, -0.2) is 0 Å². The van der Waals surface area contributed by atoms with Gasteiger partial charge in [0.15, 0.2) is 0 Å². The number of alkyl halides is 3. The Kier molecular flexibility index (Phi) is 8.70. The highest BCUT2D eigenvalue weighted by atomic mass is 35.5. The number of hydrogen-bond acceptors (Lipinski definition) is 3. The van der Waals surface area contributed by atoms with Gasteiger partial charge in [-0.2, -0.15) is 13.2 Å². The molecule has 2 N–H and O–H groups in total. The van der Waals surface area contributed by atoms with Crippen molar-refractivity contribution in [3.05, 3.63) is 35.4 Å². The normalized spacial score (nSPS) is 16.0. The second-order valence-electron chi connectivity index (χ2n) is 6.49. The van der Waals surface area contributed by atoms with E-state index in [-0.39, 0.29) is 30.7 Å². The van der Waals surface area contributed by atoms with Gasteiger partial charge in [-0.15, -0.1) is 24.8 Å². The smallest absolute Gasteiger partial charge is 0.339 e. The van der Waals surface area contributed by atoms with Gasteiger partial charge in [0, 0.05) is 32.7 Å². The van der Waals surface area contributed by atoms with Gasteiger partial charge in [-0.1, -0.05) is 18.2 Å². The standard InChI is InChI=1S/C16H22F3N3O.2ClH/c1-15(2,20)14(23)22-8-6-21(7-9-22)11-12-4-3-5-13(10-12)16(17,18)19;;/h3-5,10H,6-9,11,20H2,1-2H3;2*1H. The van der Waals surface area contributed by atoms with E-state index in [2.05, 4.69) is 0 Å². The molecule has 0 saturated carbocycles. The van der Waals surface area contributed by atoms with Crippen molar-refractivity contribution in [3.63, 3.8) is 0 Å². The average Bonchev–Trinajstić information content (AvgIpc) is 2.46. The van der Waals surface area contributed by atoms with E-state index in [9.17, 15) is 18.0 Å². The predicted molar refractivity (Wildman–Crippen MR) is 96.1 cm³/mol. The summed E-state index contributed by atoms with van der Waals surface area (Å²) in [7, 11) is 0. The minimum Gasteiger partial charge on any atom is -0.339 e. The average molecular weight is 402 g/mol. The molecule has 1 amide bonds. The first-order valence-corrected chi connectivity index (χ1v) is 7.54. The third-order valence-corrected chi connectivity index (χ3v) is 3.87. The molecule has 1 aromatic rings. The molecule has 1 fully saturated rings. The minimum atomic E-state index is -4.33. The van der Waals surface area contributed by atoms with Gasteiger partial charge in [0.2, 0.25) is 5.91 Å². The Bertz CT molecular complexity index is 568. The maximum absolute atomic E-state index is 12.7. The van der Waals surface area contributed by atoms with Crippen LogP contribution in [-0.2, 0) is 17.5 Å². The summed E-state index contributed by atoms with van der Waals surface area (Å²) in [5.41, 5.74) is 4.91. The molecule has 25 heavy (non-hydrogen) atoms. The van der Waals surface area contributed by atoms with Crippen LogP contribution in [0.15, 0.2) is 24.3 Å². The number of rotatable bonds is 3. The van der Waals surface area contributed by atoms with Crippen molar-refractivity contribution >= 4 is 30.7 Å². The van der Waals surface area contributed by atoms with Gasteiger partial charge in [0.1, 0.15) is 0 Å². The molecule has 0 bridgehead atoms. The summed E-state index contributed by atoms with van der Waals surface area (Å²) in [4.78, 5) is 15.9. The number of amides is 1. The first kappa shape index (κ1) is 24.0. The zero-order chi connectivity index (χ0) is 17.3. The molecule has 0 aromatic heterocycles. The van der Waals surface area contributed by atoms with E-state index in [1.807, 2.05) is 4.90 Å². The molecule has 0 unspecified atom stereocenters. The van der Waals surface area contributed by atoms with Crippen molar-refractivity contribution < 1.29 is 18.0 Å². The first-order valence-electron chi connectivity index (χ1n) is 7.54. The molecule has 9 heteroatoms. The molecule has 0 radical (unpaired) electrons. The summed E-state index contributed by atoms with van der Waals surface area (Å²) in [5, 5.41) is 0. The van der Waals surface area contributed by atoms with E-state index in [0.717, 1.165) is 6.07 Å². The van der Waals surface area contributed by atoms with E-state index in [0.29, 0.717) is 38.3 Å². The zero-order valence-corrected chi connectivity index (χ0v) is 15.8. The fraction of sp³-hybridized carbons (Fsp3) is 0.562. The van der Waals surface area contributed by atoms with Gasteiger partial charge in [-0.05, 0) is 25.5 Å². The van der Waals surface area contributed by atoms with Crippen LogP contribution in [0.25, 0.3) is 0 Å². The zero-order valence-electron chi connectivity index (χ0n) is 14.2. The monoisotopic (exact) mass is 401 g/mol. The van der Waals surface area contributed by atoms with Crippen LogP contribution in [0.5, 0.6) is 0 Å². The summed E-state index contributed by atoms with van der Waals surface area (Å²) < 4.78 is 38.2. The number of piperazine rings is 1. The number of carbonyl (C=O) groups is 1. The Morgan fingerprint density at radius 1 is 1.12 bits per heavy atom. The second kappa shape index (κ2) is 9.07. The quantitative estimate of drug-likeness (QED) is 0.846. The predicted octanol–water partition coefficient (Wildman–Crippen LogP) is 2.93. The van der Waals surface area contributed by atoms with Crippen LogP contribution in [0.2, 0.25) is 0 Å². The van der Waals surface area contributed by atoms with E-state index in [1.165, 1.54) is 12.1 Å². The van der Waals surface area contributed by atoms with Gasteiger partial charge in [-0.3, -0.25) is 9.69 Å². The highest BCUT2D eigenvalue weighted by Crippen LogP contribution is 2.29. The summed E-state index contributed by atoms with van der Waals surface area (Å²) in [6.07, 6.45) is -4.33. The van der Waals surface area contributed by atoms with Crippen LogP contribution in [0.3, 0.4) is 0 Å². The third kappa shape index (κ3) is 6.66. The number of halogens is 5. The van der Waals surface area contributed by atoms with E-state index < -0.39 is 17.3 Å². The maximum atomic E-state index is 12.7. The van der Waals surface area contributed by atoms with Crippen molar-refractivity contribution in [1.82, 2.24) is 9.80 Å². The maximum Gasteiger partial charge on any atom is 0.416 e. The van der Waals surface area contributed by atoms with Crippen molar-refractivity contribution in [2.75, 3.05) is 26.2 Å². The molecule has 0 aliphatic carbocycles. The Labute approximate surface area is 158 Å². The van der Waals surface area contributed by atoms with Crippen LogP contribution in [0.4, 0.5) is 13.2 Å². The Balaban J connectivity index is 0.00000288. The van der Waals surface area contributed by atoms with Crippen molar-refractivity contribution in [2.24, 2.45) is 5.73 Å². The Morgan fingerprint density at radius 3 is 2.16 bits per heavy atom. The van der Waals surface area contributed by atoms with E-state index in [4.69, 9.17) is 5.73 Å². The Hall–Kier alpha value is -1.02. The van der Waals surface area contributed by atoms with E-state index >= 15 is 0 Å². The molecule has 0 atom stereocenters. The van der Waals surface area contributed by atoms with Gasteiger partial charge < -0.3 is 10.6 Å². The molecular weight excluding hydrogens is 378 g/mol. The van der Waals surface area contributed by atoms with Crippen LogP contribution in [0.1, 0.15) is 25.0 Å². The Morgan fingerprint density at radius 2 is 1.68 bits per heavy atom. The lowest BCUT2D eigenvalue weighted by atomic mass is 10.0. The lowest BCUT2D eigenvalue weighted by Gasteiger charge is -2.37. The van der Waals surface area contributed by atoms with Crippen molar-refractivity contribution in [3.8, 4) is 0 Å². The van der Waals surface area contributed by atoms with Crippen LogP contribution in [-0.4, -0.2) is 47.4 Å². The van der Waals surface area contributed by atoms with Crippen LogP contribution in [0, 0.1) is 0 Å². The van der Waals surface area contributed by atoms with E-state index in [1.54, 1.807) is 24.8 Å². The molecule has 1 aromatic carbocycles. The van der Waals surface area contributed by atoms with Gasteiger partial charge in [0.25, 0.3) is 0 Å². The number of hydrogen-bond donors (Lipinski definition) is 1. The van der Waals surface area contributed by atoms with Crippen molar-refractivity contribution in [2.45, 2.75) is 32.1 Å². The molecular formula is C16H24Cl2F3N3O. The summed E-state index contributed by atoms with van der Waals surface area (Å²) in [5.74, 6) is -0.101. The third-order valence-electron chi connectivity index (χ3n) is 3.87. The fourth-order valence-corrected chi connectivity index (χ4v) is 2.62. The molecule has 1 saturated heterocycles. The number of carbonyl (C=O) groups excluding carboxylic acids is 1. The SMILES string of the molecule is CC(C)(N)C(=O)N1CCN(Cc2cccc(C(F)(F)F)c2)CC1.Cl.Cl. The summed E-state index contributed by atoms with van der Waals surface area (Å²) in [6.45, 7) is 6.11. The molecule has 1 aliphatic rings. The minimum absolute atomic E-state index is 0. The summed E-state index contributed by atoms with van der Waals surface area (Å²) >= 11 is 0. The molecule has 0 spiro atoms. The fourth-order valence-electron chi connectivity index (χ4n) is 2.62. The highest BCUT2D eigenvalue weighted by Gasteiger charge is 2.31. The number of benzene rings is 1.